The summed E-state index contributed by atoms with van der Waals surface area (Å²) in [5.41, 5.74) is 3.30. The molecule has 1 aliphatic carbocycles. The normalized spacial score (nSPS) is 13.1. The molecule has 2 aromatic rings. The van der Waals surface area contributed by atoms with Crippen molar-refractivity contribution >= 4 is 17.0 Å². The van der Waals surface area contributed by atoms with Crippen LogP contribution in [-0.4, -0.2) is 22.6 Å². The number of para-hydroxylation sites is 2. The predicted molar refractivity (Wildman–Crippen MR) is 138 cm³/mol. The second-order valence-corrected chi connectivity index (χ2v) is 7.10. The molecule has 1 aliphatic rings. The molecule has 0 bridgehead atoms. The van der Waals surface area contributed by atoms with E-state index in [9.17, 15) is 9.18 Å². The summed E-state index contributed by atoms with van der Waals surface area (Å²) in [6, 6.07) is 7.94. The molecule has 0 saturated carbocycles. The lowest BCUT2D eigenvalue weighted by Gasteiger charge is -2.08. The van der Waals surface area contributed by atoms with Gasteiger partial charge in [0.1, 0.15) is 24.0 Å². The molecule has 0 aliphatic heterocycles. The molecular formula is C28H35FN2O3. The Morgan fingerprint density at radius 3 is 2.62 bits per heavy atom. The first kappa shape index (κ1) is 28.4. The Morgan fingerprint density at radius 2 is 2.00 bits per heavy atom. The van der Waals surface area contributed by atoms with Gasteiger partial charge in [-0.2, -0.15) is 0 Å². The molecule has 0 unspecified atom stereocenters. The third-order valence-corrected chi connectivity index (χ3v) is 4.46. The van der Waals surface area contributed by atoms with Crippen molar-refractivity contribution in [2.75, 3.05) is 7.11 Å². The summed E-state index contributed by atoms with van der Waals surface area (Å²) in [6.07, 6.45) is 12.3. The number of allylic oxidation sites excluding steroid dienone is 9. The Balaban J connectivity index is 0.000000446. The van der Waals surface area contributed by atoms with Gasteiger partial charge in [0, 0.05) is 12.6 Å². The van der Waals surface area contributed by atoms with E-state index in [0.717, 1.165) is 22.4 Å². The van der Waals surface area contributed by atoms with E-state index < -0.39 is 0 Å². The van der Waals surface area contributed by atoms with E-state index in [1.807, 2.05) is 68.0 Å². The molecule has 5 nitrogen and oxygen atoms in total. The molecule has 182 valence electrons. The fourth-order valence-corrected chi connectivity index (χ4v) is 2.91. The summed E-state index contributed by atoms with van der Waals surface area (Å²) in [6.45, 7) is 11.4. The highest BCUT2D eigenvalue weighted by molar-refractivity contribution is 5.89. The Labute approximate surface area is 202 Å². The summed E-state index contributed by atoms with van der Waals surface area (Å²) in [5, 5.41) is 0. The van der Waals surface area contributed by atoms with Gasteiger partial charge in [-0.3, -0.25) is 0 Å². The minimum atomic E-state index is -0.339. The first-order valence-electron chi connectivity index (χ1n) is 11.2. The van der Waals surface area contributed by atoms with E-state index in [0.29, 0.717) is 24.4 Å². The molecule has 0 spiro atoms. The van der Waals surface area contributed by atoms with Crippen LogP contribution in [0, 0.1) is 0 Å². The van der Waals surface area contributed by atoms with E-state index in [4.69, 9.17) is 9.47 Å². The second-order valence-electron chi connectivity index (χ2n) is 7.10. The van der Waals surface area contributed by atoms with Crippen LogP contribution in [0.15, 0.2) is 96.1 Å². The number of rotatable bonds is 6. The molecule has 0 amide bonds. The van der Waals surface area contributed by atoms with Crippen LogP contribution >= 0.6 is 0 Å². The Kier molecular flexibility index (Phi) is 12.7. The zero-order valence-electron chi connectivity index (χ0n) is 21.0. The van der Waals surface area contributed by atoms with Crippen LogP contribution < -0.4 is 0 Å². The fraction of sp³-hybridized carbons (Fsp3) is 0.286. The van der Waals surface area contributed by atoms with Crippen molar-refractivity contribution in [3.63, 3.8) is 0 Å². The van der Waals surface area contributed by atoms with Crippen LogP contribution in [0.2, 0.25) is 0 Å². The predicted octanol–water partition coefficient (Wildman–Crippen LogP) is 7.05. The molecule has 1 aromatic heterocycles. The summed E-state index contributed by atoms with van der Waals surface area (Å²) < 4.78 is 25.0. The van der Waals surface area contributed by atoms with E-state index >= 15 is 0 Å². The Morgan fingerprint density at radius 1 is 1.29 bits per heavy atom. The summed E-state index contributed by atoms with van der Waals surface area (Å²) in [5.74, 6) is 0.860. The number of hydrogen-bond acceptors (Lipinski definition) is 4. The molecule has 3 rings (SSSR count). The van der Waals surface area contributed by atoms with Crippen molar-refractivity contribution in [1.82, 2.24) is 9.55 Å². The number of esters is 1. The Bertz CT molecular complexity index is 1120. The SMILES string of the molecule is C=C(C)/C=C(F)\C=C/C.CC.COC(=O)C1=CC(OCc2nc3ccccc3n2C)=CC=CC1. The van der Waals surface area contributed by atoms with Crippen LogP contribution in [0.5, 0.6) is 0 Å². The summed E-state index contributed by atoms with van der Waals surface area (Å²) in [7, 11) is 3.34. The number of halogens is 1. The monoisotopic (exact) mass is 466 g/mol. The van der Waals surface area contributed by atoms with Crippen molar-refractivity contribution in [3.8, 4) is 0 Å². The third-order valence-electron chi connectivity index (χ3n) is 4.46. The number of benzene rings is 1. The van der Waals surface area contributed by atoms with Crippen LogP contribution in [0.3, 0.4) is 0 Å². The van der Waals surface area contributed by atoms with Gasteiger partial charge in [-0.25, -0.2) is 14.2 Å². The summed E-state index contributed by atoms with van der Waals surface area (Å²) >= 11 is 0. The Hall–Kier alpha value is -3.67. The maximum atomic E-state index is 12.4. The van der Waals surface area contributed by atoms with E-state index in [1.54, 1.807) is 26.0 Å². The summed E-state index contributed by atoms with van der Waals surface area (Å²) in [4.78, 5) is 16.3. The highest BCUT2D eigenvalue weighted by Gasteiger charge is 2.12. The zero-order chi connectivity index (χ0) is 25.5. The van der Waals surface area contributed by atoms with Gasteiger partial charge in [-0.15, -0.1) is 0 Å². The molecule has 1 heterocycles. The molecule has 0 fully saturated rings. The van der Waals surface area contributed by atoms with Crippen molar-refractivity contribution < 1.29 is 18.7 Å². The van der Waals surface area contributed by atoms with Gasteiger partial charge in [0.05, 0.1) is 18.1 Å². The van der Waals surface area contributed by atoms with Gasteiger partial charge in [0.2, 0.25) is 0 Å². The highest BCUT2D eigenvalue weighted by atomic mass is 19.1. The molecule has 34 heavy (non-hydrogen) atoms. The number of hydrogen-bond donors (Lipinski definition) is 0. The topological polar surface area (TPSA) is 53.4 Å². The molecule has 1 aromatic carbocycles. The first-order chi connectivity index (χ1) is 16.3. The van der Waals surface area contributed by atoms with Crippen molar-refractivity contribution in [2.45, 2.75) is 40.7 Å². The van der Waals surface area contributed by atoms with Gasteiger partial charge in [-0.05, 0) is 56.7 Å². The number of aromatic nitrogens is 2. The number of imidazole rings is 1. The molecule has 0 radical (unpaired) electrons. The maximum absolute atomic E-state index is 12.4. The van der Waals surface area contributed by atoms with Gasteiger partial charge in [0.25, 0.3) is 0 Å². The van der Waals surface area contributed by atoms with Gasteiger partial charge >= 0.3 is 5.97 Å². The van der Waals surface area contributed by atoms with Crippen molar-refractivity contribution in [1.29, 1.82) is 0 Å². The number of fused-ring (bicyclic) bond motifs is 1. The smallest absolute Gasteiger partial charge is 0.334 e. The van der Waals surface area contributed by atoms with Gasteiger partial charge in [0.15, 0.2) is 0 Å². The molecule has 0 atom stereocenters. The standard InChI is InChI=1S/C18H18N2O3.C8H11F.C2H6/c1-20-16-10-6-5-9-15(16)19-17(20)12-23-14-8-4-3-7-13(11-14)18(21)22-2;1-4-5-8(9)6-7(2)3;1-2/h3-6,8-11H,7,12H2,1-2H3;4-6H,2H2,1,3H3;1-2H3/b;5-4-,8-6+;. The largest absolute Gasteiger partial charge is 0.486 e. The average Bonchev–Trinajstić information content (AvgIpc) is 2.99. The van der Waals surface area contributed by atoms with Crippen LogP contribution in [0.4, 0.5) is 4.39 Å². The van der Waals surface area contributed by atoms with Gasteiger partial charge < -0.3 is 14.0 Å². The number of methoxy groups -OCH3 is 1. The third kappa shape index (κ3) is 9.06. The number of carbonyl (C=O) groups is 1. The maximum Gasteiger partial charge on any atom is 0.334 e. The van der Waals surface area contributed by atoms with Crippen LogP contribution in [0.25, 0.3) is 11.0 Å². The lowest BCUT2D eigenvalue weighted by atomic mass is 10.2. The minimum absolute atomic E-state index is 0.245. The minimum Gasteiger partial charge on any atom is -0.486 e. The number of nitrogens with zero attached hydrogens (tertiary/aromatic N) is 2. The lowest BCUT2D eigenvalue weighted by molar-refractivity contribution is -0.136. The van der Waals surface area contributed by atoms with Crippen LogP contribution in [0.1, 0.15) is 39.9 Å². The molecule has 0 N–H and O–H groups in total. The second kappa shape index (κ2) is 15.2. The number of carbonyl (C=O) groups excluding carboxylic acids is 1. The molecule has 6 heteroatoms. The van der Waals surface area contributed by atoms with Crippen LogP contribution in [-0.2, 0) is 27.9 Å². The van der Waals surface area contributed by atoms with E-state index in [1.165, 1.54) is 19.3 Å². The highest BCUT2D eigenvalue weighted by Crippen LogP contribution is 2.18. The van der Waals surface area contributed by atoms with Crippen molar-refractivity contribution in [2.24, 2.45) is 7.05 Å². The number of aryl methyl sites for hydroxylation is 1. The lowest BCUT2D eigenvalue weighted by Crippen LogP contribution is -2.05. The molecule has 0 saturated heterocycles. The van der Waals surface area contributed by atoms with E-state index in [2.05, 4.69) is 11.6 Å². The van der Waals surface area contributed by atoms with Crippen molar-refractivity contribution in [3.05, 3.63) is 102 Å². The number of ether oxygens (including phenoxy) is 2. The fourth-order valence-electron chi connectivity index (χ4n) is 2.91. The quantitative estimate of drug-likeness (QED) is 0.338. The first-order valence-corrected chi connectivity index (χ1v) is 11.2. The van der Waals surface area contributed by atoms with Gasteiger partial charge in [-0.1, -0.05) is 56.4 Å². The van der Waals surface area contributed by atoms with E-state index in [-0.39, 0.29) is 11.8 Å². The zero-order valence-corrected chi connectivity index (χ0v) is 21.0. The average molecular weight is 467 g/mol. The molecular weight excluding hydrogens is 431 g/mol.